The Morgan fingerprint density at radius 2 is 1.95 bits per heavy atom. The van der Waals surface area contributed by atoms with Gasteiger partial charge in [0.2, 0.25) is 0 Å². The van der Waals surface area contributed by atoms with Gasteiger partial charge in [0, 0.05) is 37.4 Å². The Bertz CT molecular complexity index is 400. The zero-order chi connectivity index (χ0) is 11.7. The van der Waals surface area contributed by atoms with Crippen LogP contribution in [0.25, 0.3) is 0 Å². The van der Waals surface area contributed by atoms with Crippen molar-refractivity contribution in [2.45, 2.75) is 37.9 Å². The van der Waals surface area contributed by atoms with Crippen LogP contribution in [0.15, 0.2) is 24.3 Å². The number of nitrogens with two attached hydrogens (primary N) is 1. The molecule has 0 saturated carbocycles. The van der Waals surface area contributed by atoms with Crippen molar-refractivity contribution in [1.82, 2.24) is 10.2 Å². The molecule has 2 fully saturated rings. The van der Waals surface area contributed by atoms with E-state index >= 15 is 0 Å². The van der Waals surface area contributed by atoms with E-state index in [1.807, 2.05) is 12.1 Å². The number of fused-ring (bicyclic) bond motifs is 2. The van der Waals surface area contributed by atoms with E-state index in [2.05, 4.69) is 22.3 Å². The smallest absolute Gasteiger partial charge is 0.0317 e. The second-order valence-corrected chi connectivity index (χ2v) is 5.41. The number of likely N-dealkylation sites (tertiary alicyclic amines) is 1. The van der Waals surface area contributed by atoms with Crippen LogP contribution >= 0.6 is 24.8 Å². The van der Waals surface area contributed by atoms with Gasteiger partial charge in [0.25, 0.3) is 0 Å². The largest absolute Gasteiger partial charge is 0.399 e. The first-order valence-electron chi connectivity index (χ1n) is 6.62. The summed E-state index contributed by atoms with van der Waals surface area (Å²) in [6.45, 7) is 3.43. The van der Waals surface area contributed by atoms with Crippen molar-refractivity contribution in [3.05, 3.63) is 29.8 Å². The molecule has 2 heterocycles. The lowest BCUT2D eigenvalue weighted by atomic mass is 10.1. The Balaban J connectivity index is 0.000000902. The van der Waals surface area contributed by atoms with Crippen LogP contribution in [-0.2, 0) is 6.54 Å². The molecule has 0 aromatic heterocycles. The van der Waals surface area contributed by atoms with Crippen LogP contribution < -0.4 is 11.1 Å². The van der Waals surface area contributed by atoms with Gasteiger partial charge in [0.05, 0.1) is 0 Å². The molecular formula is C14H23Cl2N3. The minimum atomic E-state index is 0. The average molecular weight is 304 g/mol. The zero-order valence-corrected chi connectivity index (χ0v) is 12.7. The standard InChI is InChI=1S/C14H21N3.2ClH/c15-12-3-1-2-11(8-12)9-17-7-6-13-4-5-14(10-17)16-13;;/h1-3,8,13-14,16H,4-7,9-10,15H2;2*1H. The van der Waals surface area contributed by atoms with Crippen molar-refractivity contribution >= 4 is 30.5 Å². The van der Waals surface area contributed by atoms with Gasteiger partial charge in [-0.25, -0.2) is 0 Å². The van der Waals surface area contributed by atoms with Crippen molar-refractivity contribution in [3.63, 3.8) is 0 Å². The summed E-state index contributed by atoms with van der Waals surface area (Å²) in [6.07, 6.45) is 4.01. The zero-order valence-electron chi connectivity index (χ0n) is 11.0. The van der Waals surface area contributed by atoms with Gasteiger partial charge in [-0.05, 0) is 37.0 Å². The van der Waals surface area contributed by atoms with Gasteiger partial charge in [-0.3, -0.25) is 4.90 Å². The molecule has 108 valence electrons. The van der Waals surface area contributed by atoms with Gasteiger partial charge in [-0.1, -0.05) is 12.1 Å². The number of nitrogens with zero attached hydrogens (tertiary/aromatic N) is 1. The highest BCUT2D eigenvalue weighted by Crippen LogP contribution is 2.21. The molecule has 2 atom stereocenters. The van der Waals surface area contributed by atoms with Gasteiger partial charge in [0.15, 0.2) is 0 Å². The maximum atomic E-state index is 5.82. The minimum Gasteiger partial charge on any atom is -0.399 e. The molecule has 2 aliphatic rings. The van der Waals surface area contributed by atoms with Crippen LogP contribution in [0.2, 0.25) is 0 Å². The third-order valence-electron chi connectivity index (χ3n) is 3.96. The van der Waals surface area contributed by atoms with E-state index in [0.717, 1.165) is 18.3 Å². The molecule has 0 radical (unpaired) electrons. The average Bonchev–Trinajstić information content (AvgIpc) is 2.63. The first-order chi connectivity index (χ1) is 8.29. The molecule has 1 aromatic rings. The number of hydrogen-bond acceptors (Lipinski definition) is 3. The monoisotopic (exact) mass is 303 g/mol. The molecule has 3 nitrogen and oxygen atoms in total. The highest BCUT2D eigenvalue weighted by Gasteiger charge is 2.28. The molecule has 19 heavy (non-hydrogen) atoms. The summed E-state index contributed by atoms with van der Waals surface area (Å²) < 4.78 is 0. The molecule has 2 unspecified atom stereocenters. The quantitative estimate of drug-likeness (QED) is 0.825. The van der Waals surface area contributed by atoms with Crippen LogP contribution in [0.4, 0.5) is 5.69 Å². The molecule has 2 saturated heterocycles. The summed E-state index contributed by atoms with van der Waals surface area (Å²) >= 11 is 0. The van der Waals surface area contributed by atoms with Gasteiger partial charge in [-0.15, -0.1) is 24.8 Å². The third kappa shape index (κ3) is 4.25. The lowest BCUT2D eigenvalue weighted by molar-refractivity contribution is 0.251. The van der Waals surface area contributed by atoms with Crippen molar-refractivity contribution in [1.29, 1.82) is 0 Å². The summed E-state index contributed by atoms with van der Waals surface area (Å²) in [5.74, 6) is 0. The Hall–Kier alpha value is -0.480. The van der Waals surface area contributed by atoms with E-state index in [0.29, 0.717) is 6.04 Å². The normalized spacial score (nSPS) is 26.1. The number of halogens is 2. The van der Waals surface area contributed by atoms with E-state index in [1.54, 1.807) is 0 Å². The molecule has 2 bridgehead atoms. The Kier molecular flexibility index (Phi) is 6.40. The summed E-state index contributed by atoms with van der Waals surface area (Å²) in [7, 11) is 0. The van der Waals surface area contributed by atoms with Crippen LogP contribution in [0.3, 0.4) is 0 Å². The Morgan fingerprint density at radius 1 is 1.16 bits per heavy atom. The van der Waals surface area contributed by atoms with E-state index in [1.165, 1.54) is 37.9 Å². The van der Waals surface area contributed by atoms with E-state index in [-0.39, 0.29) is 24.8 Å². The number of hydrogen-bond donors (Lipinski definition) is 2. The summed E-state index contributed by atoms with van der Waals surface area (Å²) in [5, 5.41) is 3.71. The summed E-state index contributed by atoms with van der Waals surface area (Å²) in [6, 6.07) is 9.75. The molecule has 3 N–H and O–H groups in total. The lowest BCUT2D eigenvalue weighted by Gasteiger charge is -2.24. The van der Waals surface area contributed by atoms with Gasteiger partial charge in [0.1, 0.15) is 0 Å². The fourth-order valence-corrected chi connectivity index (χ4v) is 3.11. The van der Waals surface area contributed by atoms with Crippen molar-refractivity contribution in [2.24, 2.45) is 0 Å². The summed E-state index contributed by atoms with van der Waals surface area (Å²) in [5.41, 5.74) is 8.03. The molecule has 2 aliphatic heterocycles. The van der Waals surface area contributed by atoms with Crippen LogP contribution in [0.5, 0.6) is 0 Å². The van der Waals surface area contributed by atoms with E-state index in [4.69, 9.17) is 5.73 Å². The van der Waals surface area contributed by atoms with Crippen molar-refractivity contribution < 1.29 is 0 Å². The number of benzene rings is 1. The first kappa shape index (κ1) is 16.6. The van der Waals surface area contributed by atoms with Crippen molar-refractivity contribution in [2.75, 3.05) is 18.8 Å². The number of anilines is 1. The van der Waals surface area contributed by atoms with Gasteiger partial charge in [-0.2, -0.15) is 0 Å². The van der Waals surface area contributed by atoms with Crippen LogP contribution in [0, 0.1) is 0 Å². The Morgan fingerprint density at radius 3 is 2.74 bits per heavy atom. The second kappa shape index (κ2) is 7.34. The predicted octanol–water partition coefficient (Wildman–Crippen LogP) is 2.44. The molecule has 1 aromatic carbocycles. The molecule has 0 aliphatic carbocycles. The fraction of sp³-hybridized carbons (Fsp3) is 0.571. The van der Waals surface area contributed by atoms with Crippen LogP contribution in [-0.4, -0.2) is 30.1 Å². The van der Waals surface area contributed by atoms with Crippen LogP contribution in [0.1, 0.15) is 24.8 Å². The molecule has 0 amide bonds. The van der Waals surface area contributed by atoms with E-state index in [9.17, 15) is 0 Å². The molecule has 0 spiro atoms. The second-order valence-electron chi connectivity index (χ2n) is 5.41. The summed E-state index contributed by atoms with van der Waals surface area (Å²) in [4.78, 5) is 2.56. The molecule has 3 rings (SSSR count). The third-order valence-corrected chi connectivity index (χ3v) is 3.96. The number of nitrogens with one attached hydrogen (secondary N) is 1. The maximum Gasteiger partial charge on any atom is 0.0317 e. The van der Waals surface area contributed by atoms with Gasteiger partial charge < -0.3 is 11.1 Å². The fourth-order valence-electron chi connectivity index (χ4n) is 3.11. The predicted molar refractivity (Wildman–Crippen MR) is 85.2 cm³/mol. The number of rotatable bonds is 2. The van der Waals surface area contributed by atoms with E-state index < -0.39 is 0 Å². The van der Waals surface area contributed by atoms with Crippen molar-refractivity contribution in [3.8, 4) is 0 Å². The topological polar surface area (TPSA) is 41.3 Å². The van der Waals surface area contributed by atoms with Gasteiger partial charge >= 0.3 is 0 Å². The SMILES string of the molecule is Cl.Cl.Nc1cccc(CN2CCC3CCC(C2)N3)c1. The first-order valence-corrected chi connectivity index (χ1v) is 6.62. The maximum absolute atomic E-state index is 5.82. The molecular weight excluding hydrogens is 281 g/mol. The molecule has 5 heteroatoms. The highest BCUT2D eigenvalue weighted by molar-refractivity contribution is 5.85. The lowest BCUT2D eigenvalue weighted by Crippen LogP contribution is -2.34. The minimum absolute atomic E-state index is 0. The highest BCUT2D eigenvalue weighted by atomic mass is 35.5. The Labute approximate surface area is 127 Å². The number of nitrogen functional groups attached to an aromatic ring is 1.